The van der Waals surface area contributed by atoms with Gasteiger partial charge in [-0.15, -0.1) is 0 Å². The number of benzene rings is 1. The molecule has 1 fully saturated rings. The topological polar surface area (TPSA) is 35.5 Å². The van der Waals surface area contributed by atoms with Crippen molar-refractivity contribution in [2.45, 2.75) is 25.1 Å². The van der Waals surface area contributed by atoms with Crippen LogP contribution in [0.4, 0.5) is 13.2 Å². The van der Waals surface area contributed by atoms with Gasteiger partial charge in [-0.05, 0) is 31.0 Å². The summed E-state index contributed by atoms with van der Waals surface area (Å²) < 4.78 is 47.7. The molecule has 1 heterocycles. The Bertz CT molecular complexity index is 451. The smallest absolute Gasteiger partial charge is 0.416 e. The molecular formula is C13H13F3O3. The molecule has 1 aromatic rings. The number of hydrogen-bond acceptors (Lipinski definition) is 3. The second-order valence-corrected chi connectivity index (χ2v) is 4.31. The fraction of sp³-hybridized carbons (Fsp3) is 0.462. The Labute approximate surface area is 108 Å². The van der Waals surface area contributed by atoms with Gasteiger partial charge < -0.3 is 9.47 Å². The zero-order valence-electron chi connectivity index (χ0n) is 10.1. The van der Waals surface area contributed by atoms with Gasteiger partial charge in [-0.3, -0.25) is 0 Å². The highest BCUT2D eigenvalue weighted by Gasteiger charge is 2.31. The van der Waals surface area contributed by atoms with Crippen LogP contribution in [0.25, 0.3) is 0 Å². The maximum atomic E-state index is 12.5. The minimum Gasteiger partial charge on any atom is -0.459 e. The predicted molar refractivity (Wildman–Crippen MR) is 60.7 cm³/mol. The van der Waals surface area contributed by atoms with E-state index < -0.39 is 17.7 Å². The van der Waals surface area contributed by atoms with Crippen LogP contribution in [-0.2, 0) is 15.7 Å². The van der Waals surface area contributed by atoms with Crippen molar-refractivity contribution >= 4 is 5.97 Å². The molecule has 0 aliphatic carbocycles. The molecule has 1 unspecified atom stereocenters. The summed E-state index contributed by atoms with van der Waals surface area (Å²) in [6, 6.07) is 4.19. The molecule has 0 aromatic heterocycles. The monoisotopic (exact) mass is 274 g/mol. The molecule has 1 aliphatic rings. The van der Waals surface area contributed by atoms with Crippen LogP contribution >= 0.6 is 0 Å². The molecule has 3 nitrogen and oxygen atoms in total. The standard InChI is InChI=1S/C13H13F3O3/c14-13(15,16)10-4-1-3-9(7-10)12(17)19-8-11-5-2-6-18-11/h1,3-4,7,11H,2,5-6,8H2. The highest BCUT2D eigenvalue weighted by Crippen LogP contribution is 2.29. The van der Waals surface area contributed by atoms with Gasteiger partial charge in [0.25, 0.3) is 0 Å². The zero-order valence-corrected chi connectivity index (χ0v) is 10.1. The number of carbonyl (C=O) groups excluding carboxylic acids is 1. The maximum absolute atomic E-state index is 12.5. The summed E-state index contributed by atoms with van der Waals surface area (Å²) in [5, 5.41) is 0. The number of carbonyl (C=O) groups is 1. The maximum Gasteiger partial charge on any atom is 0.416 e. The van der Waals surface area contributed by atoms with Gasteiger partial charge in [0, 0.05) is 6.61 Å². The van der Waals surface area contributed by atoms with Crippen molar-refractivity contribution in [1.82, 2.24) is 0 Å². The van der Waals surface area contributed by atoms with Gasteiger partial charge in [0.15, 0.2) is 0 Å². The van der Waals surface area contributed by atoms with E-state index in [-0.39, 0.29) is 18.3 Å². The van der Waals surface area contributed by atoms with E-state index in [1.165, 1.54) is 12.1 Å². The molecule has 1 aromatic carbocycles. The summed E-state index contributed by atoms with van der Waals surface area (Å²) in [6.45, 7) is 0.709. The first-order chi connectivity index (χ1) is 8.97. The first-order valence-electron chi connectivity index (χ1n) is 5.93. The molecule has 1 aliphatic heterocycles. The Morgan fingerprint density at radius 1 is 1.42 bits per heavy atom. The van der Waals surface area contributed by atoms with Crippen LogP contribution in [-0.4, -0.2) is 25.3 Å². The average Bonchev–Trinajstić information content (AvgIpc) is 2.88. The Morgan fingerprint density at radius 3 is 2.84 bits per heavy atom. The van der Waals surface area contributed by atoms with Crippen molar-refractivity contribution in [2.24, 2.45) is 0 Å². The lowest BCUT2D eigenvalue weighted by molar-refractivity contribution is -0.137. The summed E-state index contributed by atoms with van der Waals surface area (Å²) in [6.07, 6.45) is -2.90. The van der Waals surface area contributed by atoms with E-state index in [0.29, 0.717) is 6.61 Å². The summed E-state index contributed by atoms with van der Waals surface area (Å²) in [4.78, 5) is 11.6. The van der Waals surface area contributed by atoms with E-state index in [4.69, 9.17) is 9.47 Å². The minimum atomic E-state index is -4.47. The van der Waals surface area contributed by atoms with E-state index in [2.05, 4.69) is 0 Å². The van der Waals surface area contributed by atoms with Crippen LogP contribution in [0, 0.1) is 0 Å². The van der Waals surface area contributed by atoms with Gasteiger partial charge in [-0.2, -0.15) is 13.2 Å². The molecule has 104 valence electrons. The normalized spacial score (nSPS) is 19.4. The van der Waals surface area contributed by atoms with Gasteiger partial charge in [0.1, 0.15) is 6.61 Å². The van der Waals surface area contributed by atoms with E-state index in [9.17, 15) is 18.0 Å². The van der Waals surface area contributed by atoms with Crippen molar-refractivity contribution in [1.29, 1.82) is 0 Å². The number of esters is 1. The number of ether oxygens (including phenoxy) is 2. The molecule has 19 heavy (non-hydrogen) atoms. The second-order valence-electron chi connectivity index (χ2n) is 4.31. The van der Waals surface area contributed by atoms with Crippen molar-refractivity contribution in [2.75, 3.05) is 13.2 Å². The van der Waals surface area contributed by atoms with Gasteiger partial charge in [-0.25, -0.2) is 4.79 Å². The van der Waals surface area contributed by atoms with E-state index in [0.717, 1.165) is 25.0 Å². The lowest BCUT2D eigenvalue weighted by atomic mass is 10.1. The van der Waals surface area contributed by atoms with Crippen molar-refractivity contribution in [3.05, 3.63) is 35.4 Å². The highest BCUT2D eigenvalue weighted by molar-refractivity contribution is 5.89. The largest absolute Gasteiger partial charge is 0.459 e. The van der Waals surface area contributed by atoms with Crippen LogP contribution in [0.5, 0.6) is 0 Å². The molecule has 6 heteroatoms. The molecular weight excluding hydrogens is 261 g/mol. The fourth-order valence-electron chi connectivity index (χ4n) is 1.85. The first kappa shape index (κ1) is 13.9. The average molecular weight is 274 g/mol. The number of hydrogen-bond donors (Lipinski definition) is 0. The van der Waals surface area contributed by atoms with E-state index in [1.54, 1.807) is 0 Å². The summed E-state index contributed by atoms with van der Waals surface area (Å²) in [7, 11) is 0. The lowest BCUT2D eigenvalue weighted by Gasteiger charge is -2.11. The quantitative estimate of drug-likeness (QED) is 0.795. The lowest BCUT2D eigenvalue weighted by Crippen LogP contribution is -2.18. The number of halogens is 3. The van der Waals surface area contributed by atoms with Gasteiger partial charge in [0.2, 0.25) is 0 Å². The van der Waals surface area contributed by atoms with Gasteiger partial charge in [0.05, 0.1) is 17.2 Å². The van der Waals surface area contributed by atoms with E-state index >= 15 is 0 Å². The molecule has 2 rings (SSSR count). The third kappa shape index (κ3) is 3.70. The van der Waals surface area contributed by atoms with Gasteiger partial charge in [-0.1, -0.05) is 6.07 Å². The third-order valence-electron chi connectivity index (χ3n) is 2.85. The SMILES string of the molecule is O=C(OCC1CCCO1)c1cccc(C(F)(F)F)c1. The molecule has 0 spiro atoms. The molecule has 0 N–H and O–H groups in total. The zero-order chi connectivity index (χ0) is 13.9. The summed E-state index contributed by atoms with van der Waals surface area (Å²) in [5.41, 5.74) is -0.966. The Morgan fingerprint density at radius 2 is 2.21 bits per heavy atom. The van der Waals surface area contributed by atoms with Gasteiger partial charge >= 0.3 is 12.1 Å². The molecule has 0 radical (unpaired) electrons. The van der Waals surface area contributed by atoms with E-state index in [1.807, 2.05) is 0 Å². The fourth-order valence-corrected chi connectivity index (χ4v) is 1.85. The molecule has 0 bridgehead atoms. The van der Waals surface area contributed by atoms with Crippen LogP contribution < -0.4 is 0 Å². The minimum absolute atomic E-state index is 0.0785. The molecule has 1 saturated heterocycles. The molecule has 1 atom stereocenters. The van der Waals surface area contributed by atoms with Crippen LogP contribution in [0.15, 0.2) is 24.3 Å². The van der Waals surface area contributed by atoms with Crippen LogP contribution in [0.1, 0.15) is 28.8 Å². The predicted octanol–water partition coefficient (Wildman–Crippen LogP) is 3.04. The number of alkyl halides is 3. The number of rotatable bonds is 3. The van der Waals surface area contributed by atoms with Crippen LogP contribution in [0.3, 0.4) is 0 Å². The first-order valence-corrected chi connectivity index (χ1v) is 5.93. The van der Waals surface area contributed by atoms with Crippen LogP contribution in [0.2, 0.25) is 0 Å². The Kier molecular flexibility index (Phi) is 4.09. The Balaban J connectivity index is 1.98. The highest BCUT2D eigenvalue weighted by atomic mass is 19.4. The molecule has 0 amide bonds. The van der Waals surface area contributed by atoms with Crippen molar-refractivity contribution in [3.63, 3.8) is 0 Å². The summed E-state index contributed by atoms with van der Waals surface area (Å²) >= 11 is 0. The van der Waals surface area contributed by atoms with Crippen molar-refractivity contribution in [3.8, 4) is 0 Å². The third-order valence-corrected chi connectivity index (χ3v) is 2.85. The van der Waals surface area contributed by atoms with Crippen molar-refractivity contribution < 1.29 is 27.4 Å². The Hall–Kier alpha value is -1.56. The molecule has 0 saturated carbocycles. The second kappa shape index (κ2) is 5.61. The summed E-state index contributed by atoms with van der Waals surface area (Å²) in [5.74, 6) is -0.762.